The van der Waals surface area contributed by atoms with Crippen LogP contribution in [0.1, 0.15) is 58.8 Å². The number of rotatable bonds is 6. The quantitative estimate of drug-likeness (QED) is 0.793. The second kappa shape index (κ2) is 7.39. The van der Waals surface area contributed by atoms with Crippen molar-refractivity contribution in [1.82, 2.24) is 4.90 Å². The summed E-state index contributed by atoms with van der Waals surface area (Å²) in [5, 5.41) is 8.76. The number of aliphatic carboxylic acids is 1. The summed E-state index contributed by atoms with van der Waals surface area (Å²) in [6.07, 6.45) is 5.81. The SMILES string of the molecule is CCCC(C)C(=O)N1CCCCC1CCC(=O)O. The fraction of sp³-hybridized carbons (Fsp3) is 0.857. The monoisotopic (exact) mass is 255 g/mol. The van der Waals surface area contributed by atoms with Crippen molar-refractivity contribution >= 4 is 11.9 Å². The van der Waals surface area contributed by atoms with Crippen molar-refractivity contribution < 1.29 is 14.7 Å². The highest BCUT2D eigenvalue weighted by Gasteiger charge is 2.29. The van der Waals surface area contributed by atoms with Crippen LogP contribution in [0.2, 0.25) is 0 Å². The molecule has 1 fully saturated rings. The molecule has 1 saturated heterocycles. The van der Waals surface area contributed by atoms with Crippen molar-refractivity contribution in [2.24, 2.45) is 5.92 Å². The Balaban J connectivity index is 2.57. The highest BCUT2D eigenvalue weighted by atomic mass is 16.4. The molecule has 1 N–H and O–H groups in total. The molecule has 2 atom stereocenters. The van der Waals surface area contributed by atoms with Gasteiger partial charge in [0, 0.05) is 24.9 Å². The first-order valence-corrected chi connectivity index (χ1v) is 7.08. The lowest BCUT2D eigenvalue weighted by molar-refractivity contribution is -0.142. The maximum atomic E-state index is 12.3. The van der Waals surface area contributed by atoms with Crippen LogP contribution in [-0.4, -0.2) is 34.5 Å². The van der Waals surface area contributed by atoms with Gasteiger partial charge >= 0.3 is 5.97 Å². The average molecular weight is 255 g/mol. The molecule has 0 aromatic heterocycles. The number of hydrogen-bond donors (Lipinski definition) is 1. The molecule has 0 bridgehead atoms. The summed E-state index contributed by atoms with van der Waals surface area (Å²) in [5.74, 6) is -0.484. The first-order valence-electron chi connectivity index (χ1n) is 7.08. The van der Waals surface area contributed by atoms with Crippen LogP contribution in [0.25, 0.3) is 0 Å². The minimum atomic E-state index is -0.769. The van der Waals surface area contributed by atoms with Crippen LogP contribution in [0.15, 0.2) is 0 Å². The van der Waals surface area contributed by atoms with Gasteiger partial charge in [-0.3, -0.25) is 9.59 Å². The summed E-state index contributed by atoms with van der Waals surface area (Å²) in [5.41, 5.74) is 0. The zero-order chi connectivity index (χ0) is 13.5. The van der Waals surface area contributed by atoms with Crippen LogP contribution < -0.4 is 0 Å². The lowest BCUT2D eigenvalue weighted by Crippen LogP contribution is -2.46. The predicted octanol–water partition coefficient (Wildman–Crippen LogP) is 2.67. The molecule has 1 amide bonds. The van der Waals surface area contributed by atoms with E-state index in [1.54, 1.807) is 0 Å². The van der Waals surface area contributed by atoms with Crippen LogP contribution in [-0.2, 0) is 9.59 Å². The maximum Gasteiger partial charge on any atom is 0.303 e. The molecule has 0 aliphatic carbocycles. The van der Waals surface area contributed by atoms with E-state index in [4.69, 9.17) is 5.11 Å². The van der Waals surface area contributed by atoms with Gasteiger partial charge in [0.15, 0.2) is 0 Å². The number of nitrogens with zero attached hydrogens (tertiary/aromatic N) is 1. The number of hydrogen-bond acceptors (Lipinski definition) is 2. The Morgan fingerprint density at radius 1 is 1.39 bits per heavy atom. The van der Waals surface area contributed by atoms with Gasteiger partial charge in [-0.1, -0.05) is 20.3 Å². The van der Waals surface area contributed by atoms with Crippen molar-refractivity contribution in [2.75, 3.05) is 6.54 Å². The van der Waals surface area contributed by atoms with E-state index in [9.17, 15) is 9.59 Å². The fourth-order valence-corrected chi connectivity index (χ4v) is 2.72. The van der Waals surface area contributed by atoms with Gasteiger partial charge in [0.25, 0.3) is 0 Å². The zero-order valence-electron chi connectivity index (χ0n) is 11.5. The Hall–Kier alpha value is -1.06. The largest absolute Gasteiger partial charge is 0.481 e. The fourth-order valence-electron chi connectivity index (χ4n) is 2.72. The highest BCUT2D eigenvalue weighted by molar-refractivity contribution is 5.79. The van der Waals surface area contributed by atoms with Crippen LogP contribution in [0.3, 0.4) is 0 Å². The van der Waals surface area contributed by atoms with E-state index < -0.39 is 5.97 Å². The number of carbonyl (C=O) groups is 2. The first kappa shape index (κ1) is 15.0. The van der Waals surface area contributed by atoms with Crippen LogP contribution in [0, 0.1) is 5.92 Å². The number of likely N-dealkylation sites (tertiary alicyclic amines) is 1. The molecule has 4 nitrogen and oxygen atoms in total. The molecule has 18 heavy (non-hydrogen) atoms. The summed E-state index contributed by atoms with van der Waals surface area (Å²) in [4.78, 5) is 24.9. The Labute approximate surface area is 109 Å². The third-order valence-electron chi connectivity index (χ3n) is 3.74. The molecule has 1 aliphatic heterocycles. The molecule has 0 spiro atoms. The van der Waals surface area contributed by atoms with Gasteiger partial charge in [-0.25, -0.2) is 0 Å². The van der Waals surface area contributed by atoms with Crippen LogP contribution in [0.4, 0.5) is 0 Å². The number of carboxylic acids is 1. The Bertz CT molecular complexity index is 291. The number of piperidine rings is 1. The van der Waals surface area contributed by atoms with Gasteiger partial charge in [-0.2, -0.15) is 0 Å². The number of carbonyl (C=O) groups excluding carboxylic acids is 1. The normalized spacial score (nSPS) is 21.7. The summed E-state index contributed by atoms with van der Waals surface area (Å²) in [6, 6.07) is 0.140. The van der Waals surface area contributed by atoms with Crippen LogP contribution in [0.5, 0.6) is 0 Å². The van der Waals surface area contributed by atoms with E-state index in [0.717, 1.165) is 38.6 Å². The molecule has 104 valence electrons. The summed E-state index contributed by atoms with van der Waals surface area (Å²) in [7, 11) is 0. The van der Waals surface area contributed by atoms with Crippen molar-refractivity contribution in [3.05, 3.63) is 0 Å². The second-order valence-electron chi connectivity index (χ2n) is 5.30. The van der Waals surface area contributed by atoms with Crippen molar-refractivity contribution in [2.45, 2.75) is 64.8 Å². The molecule has 1 heterocycles. The lowest BCUT2D eigenvalue weighted by atomic mass is 9.95. The molecule has 0 aromatic rings. The summed E-state index contributed by atoms with van der Waals surface area (Å²) < 4.78 is 0. The Morgan fingerprint density at radius 2 is 2.11 bits per heavy atom. The van der Waals surface area contributed by atoms with Gasteiger partial charge in [-0.15, -0.1) is 0 Å². The van der Waals surface area contributed by atoms with Gasteiger partial charge in [-0.05, 0) is 32.1 Å². The molecule has 2 unspecified atom stereocenters. The maximum absolute atomic E-state index is 12.3. The Morgan fingerprint density at radius 3 is 2.72 bits per heavy atom. The smallest absolute Gasteiger partial charge is 0.303 e. The number of amides is 1. The van der Waals surface area contributed by atoms with E-state index in [0.29, 0.717) is 6.42 Å². The van der Waals surface area contributed by atoms with Crippen LogP contribution >= 0.6 is 0 Å². The third-order valence-corrected chi connectivity index (χ3v) is 3.74. The van der Waals surface area contributed by atoms with Gasteiger partial charge < -0.3 is 10.0 Å². The minimum absolute atomic E-state index is 0.0698. The Kier molecular flexibility index (Phi) is 6.16. The number of carboxylic acid groups (broad SMARTS) is 1. The second-order valence-corrected chi connectivity index (χ2v) is 5.30. The molecule has 0 radical (unpaired) electrons. The topological polar surface area (TPSA) is 57.6 Å². The van der Waals surface area contributed by atoms with E-state index >= 15 is 0 Å². The first-order chi connectivity index (χ1) is 8.56. The molecular weight excluding hydrogens is 230 g/mol. The summed E-state index contributed by atoms with van der Waals surface area (Å²) in [6.45, 7) is 4.87. The average Bonchev–Trinajstić information content (AvgIpc) is 2.36. The predicted molar refractivity (Wildman–Crippen MR) is 70.3 cm³/mol. The van der Waals surface area contributed by atoms with Gasteiger partial charge in [0.05, 0.1) is 0 Å². The molecule has 4 heteroatoms. The molecule has 1 aliphatic rings. The zero-order valence-corrected chi connectivity index (χ0v) is 11.5. The van der Waals surface area contributed by atoms with Gasteiger partial charge in [0.1, 0.15) is 0 Å². The molecule has 0 aromatic carbocycles. The van der Waals surface area contributed by atoms with E-state index in [-0.39, 0.29) is 24.3 Å². The third kappa shape index (κ3) is 4.31. The molecule has 0 saturated carbocycles. The van der Waals surface area contributed by atoms with Crippen molar-refractivity contribution in [3.8, 4) is 0 Å². The highest BCUT2D eigenvalue weighted by Crippen LogP contribution is 2.23. The lowest BCUT2D eigenvalue weighted by Gasteiger charge is -2.37. The molecular formula is C14H25NO3. The molecule has 1 rings (SSSR count). The van der Waals surface area contributed by atoms with Gasteiger partial charge in [0.2, 0.25) is 5.91 Å². The van der Waals surface area contributed by atoms with Crippen molar-refractivity contribution in [1.29, 1.82) is 0 Å². The van der Waals surface area contributed by atoms with E-state index in [1.807, 2.05) is 11.8 Å². The minimum Gasteiger partial charge on any atom is -0.481 e. The summed E-state index contributed by atoms with van der Waals surface area (Å²) >= 11 is 0. The van der Waals surface area contributed by atoms with E-state index in [2.05, 4.69) is 6.92 Å². The van der Waals surface area contributed by atoms with Crippen molar-refractivity contribution in [3.63, 3.8) is 0 Å². The van der Waals surface area contributed by atoms with E-state index in [1.165, 1.54) is 0 Å². The standard InChI is InChI=1S/C14H25NO3/c1-3-6-11(2)14(18)15-10-5-4-7-12(15)8-9-13(16)17/h11-12H,3-10H2,1-2H3,(H,16,17).